The van der Waals surface area contributed by atoms with Crippen LogP contribution in [0.5, 0.6) is 0 Å². The summed E-state index contributed by atoms with van der Waals surface area (Å²) in [4.78, 5) is 14.7. The first kappa shape index (κ1) is 9.49. The molecule has 0 spiro atoms. The SMILES string of the molecule is O=C(O)CCCC1=NC2CCCC2O1. The molecule has 0 bridgehead atoms. The molecule has 0 aromatic heterocycles. The average Bonchev–Trinajstić information content (AvgIpc) is 2.62. The molecule has 0 aromatic rings. The minimum absolute atomic E-state index is 0.206. The third-order valence-electron chi connectivity index (χ3n) is 2.80. The molecule has 0 saturated heterocycles. The lowest BCUT2D eigenvalue weighted by Crippen LogP contribution is -2.14. The molecule has 2 rings (SSSR count). The van der Waals surface area contributed by atoms with E-state index in [1.54, 1.807) is 0 Å². The monoisotopic (exact) mass is 197 g/mol. The summed E-state index contributed by atoms with van der Waals surface area (Å²) in [5, 5.41) is 8.47. The highest BCUT2D eigenvalue weighted by molar-refractivity contribution is 5.78. The van der Waals surface area contributed by atoms with E-state index < -0.39 is 5.97 Å². The predicted octanol–water partition coefficient (Wildman–Crippen LogP) is 1.59. The first-order valence-corrected chi connectivity index (χ1v) is 5.21. The van der Waals surface area contributed by atoms with Crippen LogP contribution < -0.4 is 0 Å². The summed E-state index contributed by atoms with van der Waals surface area (Å²) < 4.78 is 5.62. The summed E-state index contributed by atoms with van der Waals surface area (Å²) in [5.41, 5.74) is 0. The van der Waals surface area contributed by atoms with Crippen LogP contribution in [0, 0.1) is 0 Å². The van der Waals surface area contributed by atoms with Crippen LogP contribution in [0.3, 0.4) is 0 Å². The van der Waals surface area contributed by atoms with Crippen molar-refractivity contribution in [3.63, 3.8) is 0 Å². The Labute approximate surface area is 83.0 Å². The topological polar surface area (TPSA) is 58.9 Å². The van der Waals surface area contributed by atoms with Gasteiger partial charge < -0.3 is 9.84 Å². The molecule has 0 radical (unpaired) electrons. The van der Waals surface area contributed by atoms with E-state index in [0.717, 1.165) is 18.7 Å². The number of carbonyl (C=O) groups is 1. The number of hydrogen-bond donors (Lipinski definition) is 1. The summed E-state index contributed by atoms with van der Waals surface area (Å²) in [5.74, 6) is 0.0322. The number of carboxylic acids is 1. The first-order chi connectivity index (χ1) is 6.75. The third kappa shape index (κ3) is 2.05. The van der Waals surface area contributed by atoms with Gasteiger partial charge in [-0.2, -0.15) is 0 Å². The molecule has 2 unspecified atom stereocenters. The Hall–Kier alpha value is -1.06. The number of ether oxygens (including phenoxy) is 1. The average molecular weight is 197 g/mol. The highest BCUT2D eigenvalue weighted by Gasteiger charge is 2.34. The molecule has 0 amide bonds. The van der Waals surface area contributed by atoms with Crippen molar-refractivity contribution in [3.8, 4) is 0 Å². The van der Waals surface area contributed by atoms with Crippen LogP contribution in [0.2, 0.25) is 0 Å². The summed E-state index contributed by atoms with van der Waals surface area (Å²) in [6, 6.07) is 0.370. The molecule has 1 N–H and O–H groups in total. The minimum Gasteiger partial charge on any atom is -0.481 e. The second-order valence-corrected chi connectivity index (χ2v) is 3.92. The van der Waals surface area contributed by atoms with Crippen molar-refractivity contribution in [2.45, 2.75) is 50.7 Å². The lowest BCUT2D eigenvalue weighted by atomic mass is 10.2. The van der Waals surface area contributed by atoms with Gasteiger partial charge in [0, 0.05) is 12.8 Å². The fraction of sp³-hybridized carbons (Fsp3) is 0.800. The number of carboxylic acid groups (broad SMARTS) is 1. The maximum atomic E-state index is 10.3. The maximum Gasteiger partial charge on any atom is 0.303 e. The van der Waals surface area contributed by atoms with Crippen LogP contribution in [0.25, 0.3) is 0 Å². The number of hydrogen-bond acceptors (Lipinski definition) is 3. The van der Waals surface area contributed by atoms with Gasteiger partial charge in [-0.3, -0.25) is 4.79 Å². The van der Waals surface area contributed by atoms with E-state index in [1.165, 1.54) is 6.42 Å². The van der Waals surface area contributed by atoms with Crippen molar-refractivity contribution in [2.75, 3.05) is 0 Å². The Balaban J connectivity index is 1.75. The zero-order valence-electron chi connectivity index (χ0n) is 8.11. The van der Waals surface area contributed by atoms with Crippen molar-refractivity contribution in [1.82, 2.24) is 0 Å². The van der Waals surface area contributed by atoms with Gasteiger partial charge in [0.2, 0.25) is 0 Å². The third-order valence-corrected chi connectivity index (χ3v) is 2.80. The van der Waals surface area contributed by atoms with Crippen LogP contribution in [0.15, 0.2) is 4.99 Å². The van der Waals surface area contributed by atoms with Gasteiger partial charge in [0.05, 0.1) is 6.04 Å². The molecule has 0 aromatic carbocycles. The molecular weight excluding hydrogens is 182 g/mol. The summed E-state index contributed by atoms with van der Waals surface area (Å²) in [6.45, 7) is 0. The standard InChI is InChI=1S/C10H15NO3/c12-10(13)6-2-5-9-11-7-3-1-4-8(7)14-9/h7-8H,1-6H2,(H,12,13). The molecule has 4 nitrogen and oxygen atoms in total. The van der Waals surface area contributed by atoms with E-state index in [-0.39, 0.29) is 6.42 Å². The molecule has 4 heteroatoms. The van der Waals surface area contributed by atoms with Crippen molar-refractivity contribution in [3.05, 3.63) is 0 Å². The molecule has 1 fully saturated rings. The number of rotatable bonds is 4. The lowest BCUT2D eigenvalue weighted by Gasteiger charge is -2.07. The van der Waals surface area contributed by atoms with Gasteiger partial charge in [-0.05, 0) is 25.7 Å². The van der Waals surface area contributed by atoms with Crippen LogP contribution in [-0.2, 0) is 9.53 Å². The van der Waals surface area contributed by atoms with E-state index in [0.29, 0.717) is 25.0 Å². The second-order valence-electron chi connectivity index (χ2n) is 3.92. The minimum atomic E-state index is -0.746. The second kappa shape index (κ2) is 3.98. The molecule has 78 valence electrons. The molecule has 14 heavy (non-hydrogen) atoms. The molecule has 1 saturated carbocycles. The van der Waals surface area contributed by atoms with Crippen molar-refractivity contribution < 1.29 is 14.6 Å². The first-order valence-electron chi connectivity index (χ1n) is 5.21. The lowest BCUT2D eigenvalue weighted by molar-refractivity contribution is -0.137. The Kier molecular flexibility index (Phi) is 2.70. The summed E-state index contributed by atoms with van der Waals surface area (Å²) in [7, 11) is 0. The van der Waals surface area contributed by atoms with E-state index in [9.17, 15) is 4.79 Å². The van der Waals surface area contributed by atoms with Gasteiger partial charge in [0.15, 0.2) is 5.90 Å². The van der Waals surface area contributed by atoms with E-state index in [4.69, 9.17) is 9.84 Å². The van der Waals surface area contributed by atoms with E-state index >= 15 is 0 Å². The van der Waals surface area contributed by atoms with E-state index in [1.807, 2.05) is 0 Å². The van der Waals surface area contributed by atoms with Gasteiger partial charge in [0.1, 0.15) is 6.10 Å². The van der Waals surface area contributed by atoms with Gasteiger partial charge in [-0.15, -0.1) is 0 Å². The predicted molar refractivity (Wildman–Crippen MR) is 51.4 cm³/mol. The van der Waals surface area contributed by atoms with Gasteiger partial charge in [-0.1, -0.05) is 0 Å². The maximum absolute atomic E-state index is 10.3. The van der Waals surface area contributed by atoms with Gasteiger partial charge in [0.25, 0.3) is 0 Å². The summed E-state index contributed by atoms with van der Waals surface area (Å²) >= 11 is 0. The number of fused-ring (bicyclic) bond motifs is 1. The van der Waals surface area contributed by atoms with E-state index in [2.05, 4.69) is 4.99 Å². The fourth-order valence-electron chi connectivity index (χ4n) is 2.10. The number of aliphatic imine (C=N–C) groups is 1. The van der Waals surface area contributed by atoms with Crippen molar-refractivity contribution >= 4 is 11.9 Å². The normalized spacial score (nSPS) is 29.6. The zero-order valence-corrected chi connectivity index (χ0v) is 8.11. The van der Waals surface area contributed by atoms with Crippen LogP contribution >= 0.6 is 0 Å². The Bertz CT molecular complexity index is 262. The molecule has 1 aliphatic carbocycles. The molecule has 2 atom stereocenters. The van der Waals surface area contributed by atoms with Crippen LogP contribution in [0.1, 0.15) is 38.5 Å². The van der Waals surface area contributed by atoms with Gasteiger partial charge >= 0.3 is 5.97 Å². The smallest absolute Gasteiger partial charge is 0.303 e. The number of nitrogens with zero attached hydrogens (tertiary/aromatic N) is 1. The Morgan fingerprint density at radius 1 is 1.57 bits per heavy atom. The molecule has 2 aliphatic rings. The van der Waals surface area contributed by atoms with Crippen molar-refractivity contribution in [2.24, 2.45) is 4.99 Å². The Morgan fingerprint density at radius 2 is 2.43 bits per heavy atom. The quantitative estimate of drug-likeness (QED) is 0.744. The fourth-order valence-corrected chi connectivity index (χ4v) is 2.10. The largest absolute Gasteiger partial charge is 0.481 e. The number of aliphatic carboxylic acids is 1. The van der Waals surface area contributed by atoms with Crippen LogP contribution in [0.4, 0.5) is 0 Å². The Morgan fingerprint density at radius 3 is 3.14 bits per heavy atom. The van der Waals surface area contributed by atoms with Crippen LogP contribution in [-0.4, -0.2) is 29.1 Å². The summed E-state index contributed by atoms with van der Waals surface area (Å²) in [6.07, 6.45) is 5.27. The van der Waals surface area contributed by atoms with Gasteiger partial charge in [-0.25, -0.2) is 4.99 Å². The molecular formula is C10H15NO3. The highest BCUT2D eigenvalue weighted by atomic mass is 16.5. The van der Waals surface area contributed by atoms with Crippen molar-refractivity contribution in [1.29, 1.82) is 0 Å². The molecule has 1 aliphatic heterocycles. The zero-order chi connectivity index (χ0) is 9.97. The highest BCUT2D eigenvalue weighted by Crippen LogP contribution is 2.30. The molecule has 1 heterocycles.